The molecule has 1 saturated heterocycles. The Kier molecular flexibility index (Phi) is 6.99. The molecule has 1 amide bonds. The van der Waals surface area contributed by atoms with Crippen LogP contribution >= 0.6 is 11.8 Å². The maximum Gasteiger partial charge on any atom is 0.341 e. The van der Waals surface area contributed by atoms with E-state index >= 15 is 0 Å². The fraction of sp³-hybridized carbons (Fsp3) is 0.556. The van der Waals surface area contributed by atoms with E-state index in [0.29, 0.717) is 34.8 Å². The first-order valence-electron chi connectivity index (χ1n) is 8.44. The maximum atomic E-state index is 12.8. The van der Waals surface area contributed by atoms with Crippen LogP contribution < -0.4 is 9.47 Å². The average molecular weight is 367 g/mol. The molecule has 1 aliphatic rings. The molecular formula is C18H25NO5S. The summed E-state index contributed by atoms with van der Waals surface area (Å²) in [5.41, 5.74) is 0.528. The first-order chi connectivity index (χ1) is 11.9. The van der Waals surface area contributed by atoms with Crippen molar-refractivity contribution in [2.45, 2.75) is 26.0 Å². The zero-order valence-electron chi connectivity index (χ0n) is 14.9. The molecule has 1 atom stereocenters. The van der Waals surface area contributed by atoms with Crippen LogP contribution in [0.4, 0.5) is 0 Å². The van der Waals surface area contributed by atoms with Crippen LogP contribution in [-0.4, -0.2) is 59.2 Å². The molecule has 1 unspecified atom stereocenters. The second-order valence-corrected chi connectivity index (χ2v) is 7.53. The largest absolute Gasteiger partial charge is 0.490 e. The van der Waals surface area contributed by atoms with Crippen molar-refractivity contribution in [3.63, 3.8) is 0 Å². The van der Waals surface area contributed by atoms with Gasteiger partial charge in [-0.05, 0) is 31.0 Å². The molecule has 138 valence electrons. The number of rotatable bonds is 7. The van der Waals surface area contributed by atoms with E-state index in [2.05, 4.69) is 13.8 Å². The third kappa shape index (κ3) is 5.29. The van der Waals surface area contributed by atoms with E-state index in [1.807, 2.05) is 23.6 Å². The van der Waals surface area contributed by atoms with Gasteiger partial charge in [0.1, 0.15) is 0 Å². The predicted octanol–water partition coefficient (Wildman–Crippen LogP) is 2.76. The molecule has 0 aromatic heterocycles. The highest BCUT2D eigenvalue weighted by Crippen LogP contribution is 2.30. The molecule has 1 N–H and O–H groups in total. The number of carbonyl (C=O) groups is 2. The number of nitrogens with zero attached hydrogens (tertiary/aromatic N) is 1. The van der Waals surface area contributed by atoms with E-state index in [1.165, 1.54) is 0 Å². The van der Waals surface area contributed by atoms with Gasteiger partial charge in [-0.2, -0.15) is 11.8 Å². The zero-order valence-corrected chi connectivity index (χ0v) is 15.7. The molecule has 1 fully saturated rings. The number of ether oxygens (including phenoxy) is 2. The van der Waals surface area contributed by atoms with Crippen molar-refractivity contribution < 1.29 is 24.2 Å². The van der Waals surface area contributed by atoms with Gasteiger partial charge in [0, 0.05) is 29.7 Å². The molecule has 0 spiro atoms. The molecule has 1 aliphatic heterocycles. The van der Waals surface area contributed by atoms with E-state index in [-0.39, 0.29) is 5.91 Å². The Balaban J connectivity index is 2.16. The average Bonchev–Trinajstić information content (AvgIpc) is 2.60. The highest BCUT2D eigenvalue weighted by atomic mass is 32.2. The summed E-state index contributed by atoms with van der Waals surface area (Å²) < 4.78 is 10.7. The number of thioether (sulfide) groups is 1. The molecule has 0 radical (unpaired) electrons. The summed E-state index contributed by atoms with van der Waals surface area (Å²) in [6, 6.07) is 4.89. The summed E-state index contributed by atoms with van der Waals surface area (Å²) in [5.74, 6) is 1.08. The Bertz CT molecular complexity index is 619. The molecule has 7 heteroatoms. The lowest BCUT2D eigenvalue weighted by Gasteiger charge is -2.34. The number of carbonyl (C=O) groups excluding carboxylic acids is 1. The number of carboxylic acid groups (broad SMARTS) is 1. The first kappa shape index (κ1) is 19.4. The number of hydrogen-bond acceptors (Lipinski definition) is 5. The quantitative estimate of drug-likeness (QED) is 0.799. The van der Waals surface area contributed by atoms with Crippen molar-refractivity contribution >= 4 is 23.6 Å². The summed E-state index contributed by atoms with van der Waals surface area (Å²) in [6.07, 6.45) is 0. The summed E-state index contributed by atoms with van der Waals surface area (Å²) in [6.45, 7) is 7.59. The van der Waals surface area contributed by atoms with Crippen LogP contribution in [0.3, 0.4) is 0 Å². The van der Waals surface area contributed by atoms with Gasteiger partial charge in [-0.25, -0.2) is 4.79 Å². The molecule has 6 nitrogen and oxygen atoms in total. The highest BCUT2D eigenvalue weighted by molar-refractivity contribution is 8.00. The van der Waals surface area contributed by atoms with Gasteiger partial charge in [-0.15, -0.1) is 0 Å². The molecule has 2 rings (SSSR count). The Labute approximate surface area is 152 Å². The lowest BCUT2D eigenvalue weighted by Crippen LogP contribution is -2.43. The van der Waals surface area contributed by atoms with Gasteiger partial charge < -0.3 is 19.5 Å². The van der Waals surface area contributed by atoms with Crippen LogP contribution in [0.2, 0.25) is 0 Å². The Morgan fingerprint density at radius 3 is 2.72 bits per heavy atom. The van der Waals surface area contributed by atoms with E-state index in [0.717, 1.165) is 18.8 Å². The van der Waals surface area contributed by atoms with Gasteiger partial charge in [-0.1, -0.05) is 13.8 Å². The molecule has 25 heavy (non-hydrogen) atoms. The second-order valence-electron chi connectivity index (χ2n) is 6.18. The minimum atomic E-state index is -1.06. The number of aliphatic carboxylic acids is 1. The smallest absolute Gasteiger partial charge is 0.341 e. The van der Waals surface area contributed by atoms with Crippen LogP contribution in [0.1, 0.15) is 31.1 Å². The summed E-state index contributed by atoms with van der Waals surface area (Å²) in [5, 5.41) is 9.20. The summed E-state index contributed by atoms with van der Waals surface area (Å²) >= 11 is 1.92. The van der Waals surface area contributed by atoms with Crippen LogP contribution in [0, 0.1) is 5.92 Å². The number of hydrogen-bond donors (Lipinski definition) is 1. The lowest BCUT2D eigenvalue weighted by molar-refractivity contribution is -0.139. The maximum absolute atomic E-state index is 12.8. The Hall–Kier alpha value is -1.89. The van der Waals surface area contributed by atoms with E-state index in [1.54, 1.807) is 18.2 Å². The van der Waals surface area contributed by atoms with Crippen molar-refractivity contribution in [1.82, 2.24) is 4.90 Å². The van der Waals surface area contributed by atoms with Crippen LogP contribution in [0.25, 0.3) is 0 Å². The monoisotopic (exact) mass is 367 g/mol. The fourth-order valence-corrected chi connectivity index (χ4v) is 3.91. The molecule has 1 aromatic rings. The normalized spacial score (nSPS) is 17.4. The highest BCUT2D eigenvalue weighted by Gasteiger charge is 2.27. The van der Waals surface area contributed by atoms with Gasteiger partial charge in [0.05, 0.1) is 6.61 Å². The van der Waals surface area contributed by atoms with Crippen molar-refractivity contribution in [1.29, 1.82) is 0 Å². The molecule has 0 aliphatic carbocycles. The molecule has 1 aromatic carbocycles. The molecular weight excluding hydrogens is 342 g/mol. The van der Waals surface area contributed by atoms with Crippen LogP contribution in [-0.2, 0) is 4.79 Å². The van der Waals surface area contributed by atoms with Crippen molar-refractivity contribution in [3.05, 3.63) is 23.8 Å². The second kappa shape index (κ2) is 8.99. The van der Waals surface area contributed by atoms with Gasteiger partial charge in [0.25, 0.3) is 5.91 Å². The van der Waals surface area contributed by atoms with Gasteiger partial charge in [-0.3, -0.25) is 4.79 Å². The minimum absolute atomic E-state index is 0.0308. The zero-order chi connectivity index (χ0) is 18.4. The molecule has 0 saturated carbocycles. The first-order valence-corrected chi connectivity index (χ1v) is 9.49. The topological polar surface area (TPSA) is 76.1 Å². The molecule has 0 bridgehead atoms. The van der Waals surface area contributed by atoms with Crippen molar-refractivity contribution in [3.8, 4) is 11.5 Å². The van der Waals surface area contributed by atoms with E-state index in [9.17, 15) is 9.59 Å². The number of carboxylic acids is 1. The number of amides is 1. The summed E-state index contributed by atoms with van der Waals surface area (Å²) in [7, 11) is 0. The van der Waals surface area contributed by atoms with E-state index < -0.39 is 12.6 Å². The standard InChI is InChI=1S/C18H25NO5S/c1-4-23-15-9-13(5-6-14(15)24-11-17(20)21)18(22)19-7-8-25-16(10-19)12(2)3/h5-6,9,12,16H,4,7-8,10-11H2,1-3H3,(H,20,21). The van der Waals surface area contributed by atoms with Gasteiger partial charge in [0.15, 0.2) is 18.1 Å². The SMILES string of the molecule is CCOc1cc(C(=O)N2CCSC(C(C)C)C2)ccc1OCC(=O)O. The van der Waals surface area contributed by atoms with Crippen molar-refractivity contribution in [2.75, 3.05) is 32.1 Å². The minimum Gasteiger partial charge on any atom is -0.490 e. The third-order valence-electron chi connectivity index (χ3n) is 3.97. The molecule has 1 heterocycles. The summed E-state index contributed by atoms with van der Waals surface area (Å²) in [4.78, 5) is 25.4. The predicted molar refractivity (Wildman–Crippen MR) is 97.7 cm³/mol. The third-order valence-corrected chi connectivity index (χ3v) is 5.51. The van der Waals surface area contributed by atoms with Gasteiger partial charge >= 0.3 is 5.97 Å². The Morgan fingerprint density at radius 2 is 2.08 bits per heavy atom. The fourth-order valence-electron chi connectivity index (χ4n) is 2.61. The Morgan fingerprint density at radius 1 is 1.32 bits per heavy atom. The van der Waals surface area contributed by atoms with Crippen molar-refractivity contribution in [2.24, 2.45) is 5.92 Å². The van der Waals surface area contributed by atoms with Gasteiger partial charge in [0.2, 0.25) is 0 Å². The van der Waals surface area contributed by atoms with Crippen LogP contribution in [0.5, 0.6) is 11.5 Å². The van der Waals surface area contributed by atoms with Crippen LogP contribution in [0.15, 0.2) is 18.2 Å². The van der Waals surface area contributed by atoms with E-state index in [4.69, 9.17) is 14.6 Å². The number of benzene rings is 1. The lowest BCUT2D eigenvalue weighted by atomic mass is 10.1.